The number of halogens is 2. The SMILES string of the molecule is CCC(C(=O)Nc1cc(O)c(NC(=O)c2cn(C)c3ccc(C)cc23)cc1Cl)S(=O)(=O)c1ccc(C)cc1.Cc1ccc(-n2cc(C(=O)Nc3cc(Oc4ccc(Cl)cc4)c(NC(=O)C(C)S(=O)(=O)c4ccncc4)cc3O)cn2)cc1. The minimum absolute atomic E-state index is 0.0117. The molecule has 0 fully saturated rings. The number of fused-ring (bicyclic) bond motifs is 1. The number of pyridine rings is 1. The second-order valence-electron chi connectivity index (χ2n) is 19.0. The first-order valence-corrected chi connectivity index (χ1v) is 29.0. The number of phenols is 2. The number of aromatic nitrogens is 4. The van der Waals surface area contributed by atoms with E-state index in [4.69, 9.17) is 27.9 Å². The predicted molar refractivity (Wildman–Crippen MR) is 315 cm³/mol. The van der Waals surface area contributed by atoms with Gasteiger partial charge in [-0.15, -0.1) is 0 Å². The highest BCUT2D eigenvalue weighted by Gasteiger charge is 2.34. The quantitative estimate of drug-likeness (QED) is 0.0492. The number of carbonyl (C=O) groups is 4. The summed E-state index contributed by atoms with van der Waals surface area (Å²) < 4.78 is 61.6. The van der Waals surface area contributed by atoms with Crippen molar-refractivity contribution in [2.75, 3.05) is 21.3 Å². The number of nitrogens with one attached hydrogen (secondary N) is 4. The molecule has 2 atom stereocenters. The van der Waals surface area contributed by atoms with Crippen LogP contribution in [0.1, 0.15) is 57.7 Å². The van der Waals surface area contributed by atoms with Crippen LogP contribution in [0, 0.1) is 20.8 Å². The molecule has 23 heteroatoms. The molecular formula is C59H54Cl2N8O11S2. The fourth-order valence-corrected chi connectivity index (χ4v) is 11.6. The van der Waals surface area contributed by atoms with E-state index in [0.29, 0.717) is 16.3 Å². The molecule has 82 heavy (non-hydrogen) atoms. The smallest absolute Gasteiger partial charge is 0.258 e. The van der Waals surface area contributed by atoms with E-state index in [-0.39, 0.29) is 61.0 Å². The van der Waals surface area contributed by atoms with Crippen molar-refractivity contribution < 1.29 is 51.0 Å². The average molecular weight is 1190 g/mol. The maximum Gasteiger partial charge on any atom is 0.258 e. The Bertz CT molecular complexity index is 4120. The molecule has 4 amide bonds. The Morgan fingerprint density at radius 2 is 1.21 bits per heavy atom. The van der Waals surface area contributed by atoms with E-state index in [0.717, 1.165) is 39.3 Å². The van der Waals surface area contributed by atoms with Crippen LogP contribution in [0.3, 0.4) is 0 Å². The second-order valence-corrected chi connectivity index (χ2v) is 24.2. The molecule has 0 saturated heterocycles. The van der Waals surface area contributed by atoms with E-state index in [1.54, 1.807) is 60.4 Å². The van der Waals surface area contributed by atoms with Crippen molar-refractivity contribution in [3.63, 3.8) is 0 Å². The van der Waals surface area contributed by atoms with Crippen LogP contribution in [-0.4, -0.2) is 80.5 Å². The Hall–Kier alpha value is -9.02. The van der Waals surface area contributed by atoms with Crippen LogP contribution in [0.15, 0.2) is 168 Å². The minimum Gasteiger partial charge on any atom is -0.506 e. The van der Waals surface area contributed by atoms with Crippen molar-refractivity contribution >= 4 is 100 Å². The molecule has 3 aromatic heterocycles. The number of ether oxygens (including phenoxy) is 1. The highest BCUT2D eigenvalue weighted by Crippen LogP contribution is 2.40. The zero-order valence-electron chi connectivity index (χ0n) is 44.8. The van der Waals surface area contributed by atoms with Gasteiger partial charge in [-0.25, -0.2) is 21.5 Å². The van der Waals surface area contributed by atoms with Crippen LogP contribution in [0.4, 0.5) is 22.7 Å². The van der Waals surface area contributed by atoms with Gasteiger partial charge in [0.2, 0.25) is 11.8 Å². The van der Waals surface area contributed by atoms with Crippen LogP contribution in [0.2, 0.25) is 10.0 Å². The summed E-state index contributed by atoms with van der Waals surface area (Å²) in [6, 6.07) is 33.5. The highest BCUT2D eigenvalue weighted by molar-refractivity contribution is 7.93. The summed E-state index contributed by atoms with van der Waals surface area (Å²) >= 11 is 12.4. The van der Waals surface area contributed by atoms with Gasteiger partial charge in [0.25, 0.3) is 11.8 Å². The van der Waals surface area contributed by atoms with Crippen LogP contribution in [0.25, 0.3) is 16.6 Å². The van der Waals surface area contributed by atoms with E-state index < -0.39 is 59.6 Å². The second kappa shape index (κ2) is 24.8. The largest absolute Gasteiger partial charge is 0.506 e. The number of hydrogen-bond acceptors (Lipinski definition) is 13. The number of aryl methyl sites for hydroxylation is 4. The van der Waals surface area contributed by atoms with E-state index in [9.17, 15) is 46.2 Å². The number of aromatic hydroxyl groups is 2. The van der Waals surface area contributed by atoms with Gasteiger partial charge >= 0.3 is 0 Å². The molecule has 2 unspecified atom stereocenters. The number of sulfone groups is 2. The van der Waals surface area contributed by atoms with Crippen LogP contribution in [-0.2, 0) is 36.3 Å². The van der Waals surface area contributed by atoms with Gasteiger partial charge in [-0.1, -0.05) is 77.1 Å². The summed E-state index contributed by atoms with van der Waals surface area (Å²) in [5.74, 6) is -3.08. The molecule has 0 aliphatic heterocycles. The first-order valence-electron chi connectivity index (χ1n) is 25.1. The predicted octanol–water partition coefficient (Wildman–Crippen LogP) is 11.4. The van der Waals surface area contributed by atoms with Crippen molar-refractivity contribution in [1.82, 2.24) is 19.3 Å². The third-order valence-electron chi connectivity index (χ3n) is 13.0. The Kier molecular flexibility index (Phi) is 17.9. The van der Waals surface area contributed by atoms with Gasteiger partial charge in [0.05, 0.1) is 60.6 Å². The molecular weight excluding hydrogens is 1130 g/mol. The maximum absolute atomic E-state index is 13.1. The minimum atomic E-state index is -4.05. The molecule has 0 aliphatic carbocycles. The lowest BCUT2D eigenvalue weighted by Crippen LogP contribution is -2.34. The number of hydrogen-bond donors (Lipinski definition) is 6. The Balaban J connectivity index is 0.000000217. The molecule has 3 heterocycles. The van der Waals surface area contributed by atoms with Gasteiger partial charge < -0.3 is 40.8 Å². The Morgan fingerprint density at radius 1 is 0.634 bits per heavy atom. The zero-order chi connectivity index (χ0) is 59.2. The molecule has 19 nitrogen and oxygen atoms in total. The van der Waals surface area contributed by atoms with Gasteiger partial charge in [0.1, 0.15) is 27.7 Å². The van der Waals surface area contributed by atoms with Crippen LogP contribution < -0.4 is 26.0 Å². The van der Waals surface area contributed by atoms with Crippen molar-refractivity contribution in [1.29, 1.82) is 0 Å². The lowest BCUT2D eigenvalue weighted by Gasteiger charge is -2.18. The van der Waals surface area contributed by atoms with Crippen LogP contribution in [0.5, 0.6) is 23.0 Å². The summed E-state index contributed by atoms with van der Waals surface area (Å²) in [6.07, 6.45) is 7.29. The number of nitrogens with zero attached hydrogens (tertiary/aromatic N) is 4. The normalized spacial score (nSPS) is 12.1. The van der Waals surface area contributed by atoms with E-state index >= 15 is 0 Å². The van der Waals surface area contributed by atoms with Crippen molar-refractivity contribution in [2.24, 2.45) is 7.05 Å². The molecule has 6 N–H and O–H groups in total. The molecule has 0 saturated carbocycles. The average Bonchev–Trinajstić information content (AvgIpc) is 4.15. The molecule has 9 rings (SSSR count). The number of phenolic OH excluding ortho intramolecular Hbond substituents is 2. The fourth-order valence-electron chi connectivity index (χ4n) is 8.35. The first-order chi connectivity index (χ1) is 38.9. The third-order valence-corrected chi connectivity index (χ3v) is 17.8. The van der Waals surface area contributed by atoms with Crippen molar-refractivity contribution in [2.45, 2.75) is 61.3 Å². The lowest BCUT2D eigenvalue weighted by atomic mass is 10.1. The molecule has 0 spiro atoms. The molecule has 422 valence electrons. The van der Waals surface area contributed by atoms with E-state index in [1.165, 1.54) is 68.0 Å². The number of benzene rings is 6. The first kappa shape index (κ1) is 59.1. The maximum atomic E-state index is 13.1. The summed E-state index contributed by atoms with van der Waals surface area (Å²) in [5, 5.41) is 34.4. The standard InChI is InChI=1S/C31H26ClN5O6S.C28H28ClN3O5S/c1-19-3-7-23(8-4-19)37-18-21(17-34-37)31(40)35-26-16-29(43-24-9-5-22(32)6-10-24)27(15-28(26)38)36-30(39)20(2)44(41,42)25-11-13-33-14-12-25;1-5-26(38(36,37)18-9-6-16(2)7-10-18)28(35)30-22-14-25(33)23(13-21(22)29)31-27(34)20-15-32(4)24-11-8-17(3)12-19(20)24/h3-18,20,38H,1-2H3,(H,35,40)(H,36,39);6-15,26,33H,5H2,1-4H3,(H,30,35)(H,31,34). The number of carbonyl (C=O) groups excluding carboxylic acids is 4. The summed E-state index contributed by atoms with van der Waals surface area (Å²) in [5.41, 5.74) is 5.25. The topological polar surface area (TPSA) is 270 Å². The number of rotatable bonds is 16. The van der Waals surface area contributed by atoms with Gasteiger partial charge in [0, 0.05) is 66.0 Å². The highest BCUT2D eigenvalue weighted by atomic mass is 35.5. The molecule has 9 aromatic rings. The molecule has 0 bridgehead atoms. The summed E-state index contributed by atoms with van der Waals surface area (Å²) in [6.45, 7) is 8.58. The molecule has 0 radical (unpaired) electrons. The summed E-state index contributed by atoms with van der Waals surface area (Å²) in [4.78, 5) is 56.1. The third kappa shape index (κ3) is 13.4. The molecule has 0 aliphatic rings. The van der Waals surface area contributed by atoms with E-state index in [1.807, 2.05) is 74.9 Å². The Labute approximate surface area is 482 Å². The van der Waals surface area contributed by atoms with Crippen LogP contribution >= 0.6 is 23.2 Å². The molecule has 6 aromatic carbocycles. The Morgan fingerprint density at radius 3 is 1.85 bits per heavy atom. The summed E-state index contributed by atoms with van der Waals surface area (Å²) in [7, 11) is -6.18. The van der Waals surface area contributed by atoms with Gasteiger partial charge in [-0.3, -0.25) is 24.2 Å². The lowest BCUT2D eigenvalue weighted by molar-refractivity contribution is -0.116. The zero-order valence-corrected chi connectivity index (χ0v) is 47.9. The van der Waals surface area contributed by atoms with Gasteiger partial charge in [-0.05, 0) is 113 Å². The van der Waals surface area contributed by atoms with Crippen molar-refractivity contribution in [3.05, 3.63) is 196 Å². The number of amides is 4. The number of anilines is 4. The van der Waals surface area contributed by atoms with E-state index in [2.05, 4.69) is 31.3 Å². The van der Waals surface area contributed by atoms with Gasteiger partial charge in [0.15, 0.2) is 25.4 Å². The fraction of sp³-hybridized carbons (Fsp3) is 0.153. The van der Waals surface area contributed by atoms with Gasteiger partial charge in [-0.2, -0.15) is 5.10 Å². The van der Waals surface area contributed by atoms with Crippen molar-refractivity contribution in [3.8, 4) is 28.7 Å². The monoisotopic (exact) mass is 1180 g/mol.